The van der Waals surface area contributed by atoms with Crippen LogP contribution >= 0.6 is 28.3 Å². The molecule has 7 heteroatoms. The number of aromatic nitrogens is 2. The van der Waals surface area contributed by atoms with Crippen molar-refractivity contribution in [2.24, 2.45) is 0 Å². The van der Waals surface area contributed by atoms with Gasteiger partial charge in [-0.2, -0.15) is 5.10 Å². The van der Waals surface area contributed by atoms with E-state index in [1.54, 1.807) is 0 Å². The Labute approximate surface area is 157 Å². The molecule has 1 N–H and O–H groups in total. The zero-order chi connectivity index (χ0) is 16.4. The number of nitrogens with zero attached hydrogens (tertiary/aromatic N) is 3. The first-order chi connectivity index (χ1) is 11.1. The molecule has 0 radical (unpaired) electrons. The number of rotatable bonds is 3. The van der Waals surface area contributed by atoms with Crippen LogP contribution < -0.4 is 5.32 Å². The molecule has 130 valence electrons. The monoisotopic (exact) mass is 412 g/mol. The highest BCUT2D eigenvalue weighted by atomic mass is 79.9. The van der Waals surface area contributed by atoms with Gasteiger partial charge in [0, 0.05) is 36.3 Å². The van der Waals surface area contributed by atoms with Gasteiger partial charge in [0.05, 0.1) is 17.8 Å². The van der Waals surface area contributed by atoms with Crippen molar-refractivity contribution >= 4 is 34.2 Å². The van der Waals surface area contributed by atoms with E-state index in [1.165, 1.54) is 0 Å². The Morgan fingerprint density at radius 3 is 2.67 bits per heavy atom. The molecule has 2 heterocycles. The van der Waals surface area contributed by atoms with Crippen molar-refractivity contribution in [1.82, 2.24) is 20.0 Å². The Balaban J connectivity index is 0.00000208. The summed E-state index contributed by atoms with van der Waals surface area (Å²) in [7, 11) is 0. The first-order valence-electron chi connectivity index (χ1n) is 7.84. The minimum Gasteiger partial charge on any atom is -0.336 e. The average Bonchev–Trinajstić information content (AvgIpc) is 2.81. The molecular weight excluding hydrogens is 392 g/mol. The molecular formula is C17H22BrClN4O. The van der Waals surface area contributed by atoms with Crippen LogP contribution in [-0.2, 0) is 6.54 Å². The SMILES string of the molecule is Cc1nn(Cc2cccc(Br)c2)c(C)c1C(=O)N1CCNCC1.Cl. The number of nitrogens with one attached hydrogen (secondary N) is 1. The van der Waals surface area contributed by atoms with Gasteiger partial charge in [0.2, 0.25) is 0 Å². The van der Waals surface area contributed by atoms with E-state index in [0.717, 1.165) is 53.2 Å². The van der Waals surface area contributed by atoms with Crippen molar-refractivity contribution in [1.29, 1.82) is 0 Å². The number of amides is 1. The van der Waals surface area contributed by atoms with Gasteiger partial charge < -0.3 is 10.2 Å². The number of halogens is 2. The van der Waals surface area contributed by atoms with E-state index in [4.69, 9.17) is 0 Å². The average molecular weight is 414 g/mol. The molecule has 1 aromatic carbocycles. The molecule has 5 nitrogen and oxygen atoms in total. The number of aryl methyl sites for hydroxylation is 1. The molecule has 0 atom stereocenters. The fourth-order valence-electron chi connectivity index (χ4n) is 2.99. The summed E-state index contributed by atoms with van der Waals surface area (Å²) in [5.41, 5.74) is 3.65. The van der Waals surface area contributed by atoms with Gasteiger partial charge in [0.15, 0.2) is 0 Å². The van der Waals surface area contributed by atoms with Crippen LogP contribution in [-0.4, -0.2) is 46.8 Å². The lowest BCUT2D eigenvalue weighted by atomic mass is 10.1. The minimum absolute atomic E-state index is 0. The number of piperazine rings is 1. The Morgan fingerprint density at radius 1 is 1.29 bits per heavy atom. The molecule has 24 heavy (non-hydrogen) atoms. The quantitative estimate of drug-likeness (QED) is 0.842. The summed E-state index contributed by atoms with van der Waals surface area (Å²) in [6, 6.07) is 8.16. The largest absolute Gasteiger partial charge is 0.336 e. The maximum atomic E-state index is 12.8. The normalized spacial score (nSPS) is 14.4. The van der Waals surface area contributed by atoms with Crippen LogP contribution in [0, 0.1) is 13.8 Å². The van der Waals surface area contributed by atoms with Crippen molar-refractivity contribution in [2.75, 3.05) is 26.2 Å². The van der Waals surface area contributed by atoms with Crippen LogP contribution in [0.5, 0.6) is 0 Å². The third kappa shape index (κ3) is 3.99. The van der Waals surface area contributed by atoms with Gasteiger partial charge in [-0.05, 0) is 31.5 Å². The van der Waals surface area contributed by atoms with Crippen LogP contribution in [0.3, 0.4) is 0 Å². The van der Waals surface area contributed by atoms with E-state index in [2.05, 4.69) is 38.5 Å². The van der Waals surface area contributed by atoms with Gasteiger partial charge in [-0.3, -0.25) is 9.48 Å². The molecule has 1 saturated heterocycles. The lowest BCUT2D eigenvalue weighted by Gasteiger charge is -2.27. The highest BCUT2D eigenvalue weighted by Gasteiger charge is 2.24. The van der Waals surface area contributed by atoms with Gasteiger partial charge in [0.25, 0.3) is 5.91 Å². The van der Waals surface area contributed by atoms with Crippen LogP contribution in [0.4, 0.5) is 0 Å². The zero-order valence-electron chi connectivity index (χ0n) is 13.9. The summed E-state index contributed by atoms with van der Waals surface area (Å²) in [5, 5.41) is 7.86. The van der Waals surface area contributed by atoms with Crippen LogP contribution in [0.1, 0.15) is 27.3 Å². The second-order valence-corrected chi connectivity index (χ2v) is 6.79. The van der Waals surface area contributed by atoms with E-state index in [0.29, 0.717) is 6.54 Å². The molecule has 1 fully saturated rings. The molecule has 0 saturated carbocycles. The number of carbonyl (C=O) groups is 1. The summed E-state index contributed by atoms with van der Waals surface area (Å²) in [6.07, 6.45) is 0. The first kappa shape index (κ1) is 19.0. The van der Waals surface area contributed by atoms with E-state index in [9.17, 15) is 4.79 Å². The number of carbonyl (C=O) groups excluding carboxylic acids is 1. The van der Waals surface area contributed by atoms with Gasteiger partial charge >= 0.3 is 0 Å². The Hall–Kier alpha value is -1.37. The Kier molecular flexibility index (Phi) is 6.43. The Bertz CT molecular complexity index is 725. The maximum absolute atomic E-state index is 12.8. The smallest absolute Gasteiger partial charge is 0.257 e. The van der Waals surface area contributed by atoms with Gasteiger partial charge in [0.1, 0.15) is 0 Å². The van der Waals surface area contributed by atoms with E-state index in [1.807, 2.05) is 35.6 Å². The zero-order valence-corrected chi connectivity index (χ0v) is 16.3. The molecule has 1 aliphatic rings. The molecule has 1 amide bonds. The van der Waals surface area contributed by atoms with E-state index in [-0.39, 0.29) is 18.3 Å². The summed E-state index contributed by atoms with van der Waals surface area (Å²) < 4.78 is 2.97. The fourth-order valence-corrected chi connectivity index (χ4v) is 3.44. The van der Waals surface area contributed by atoms with Crippen LogP contribution in [0.15, 0.2) is 28.7 Å². The number of benzene rings is 1. The van der Waals surface area contributed by atoms with Crippen molar-refractivity contribution in [3.05, 3.63) is 51.3 Å². The molecule has 2 aromatic rings. The lowest BCUT2D eigenvalue weighted by molar-refractivity contribution is 0.0734. The standard InChI is InChI=1S/C17H21BrN4O.ClH/c1-12-16(17(23)21-8-6-19-7-9-21)13(2)22(20-12)11-14-4-3-5-15(18)10-14;/h3-5,10,19H,6-9,11H2,1-2H3;1H. The third-order valence-electron chi connectivity index (χ3n) is 4.22. The number of hydrogen-bond donors (Lipinski definition) is 1. The van der Waals surface area contributed by atoms with Crippen LogP contribution in [0.2, 0.25) is 0 Å². The van der Waals surface area contributed by atoms with Gasteiger partial charge in [-0.1, -0.05) is 28.1 Å². The van der Waals surface area contributed by atoms with Crippen molar-refractivity contribution in [3.63, 3.8) is 0 Å². The molecule has 0 spiro atoms. The van der Waals surface area contributed by atoms with Crippen molar-refractivity contribution < 1.29 is 4.79 Å². The topological polar surface area (TPSA) is 50.2 Å². The van der Waals surface area contributed by atoms with Gasteiger partial charge in [-0.15, -0.1) is 12.4 Å². The summed E-state index contributed by atoms with van der Waals surface area (Å²) in [4.78, 5) is 14.7. The van der Waals surface area contributed by atoms with Crippen molar-refractivity contribution in [3.8, 4) is 0 Å². The summed E-state index contributed by atoms with van der Waals surface area (Å²) >= 11 is 3.49. The second kappa shape index (κ2) is 8.14. The minimum atomic E-state index is 0. The number of hydrogen-bond acceptors (Lipinski definition) is 3. The van der Waals surface area contributed by atoms with E-state index < -0.39 is 0 Å². The molecule has 1 aromatic heterocycles. The fraction of sp³-hybridized carbons (Fsp3) is 0.412. The second-order valence-electron chi connectivity index (χ2n) is 5.88. The first-order valence-corrected chi connectivity index (χ1v) is 8.64. The molecule has 0 unspecified atom stereocenters. The predicted molar refractivity (Wildman–Crippen MR) is 101 cm³/mol. The predicted octanol–water partition coefficient (Wildman–Crippen LogP) is 2.78. The summed E-state index contributed by atoms with van der Waals surface area (Å²) in [5.74, 6) is 0.0991. The third-order valence-corrected chi connectivity index (χ3v) is 4.71. The maximum Gasteiger partial charge on any atom is 0.257 e. The molecule has 0 bridgehead atoms. The Morgan fingerprint density at radius 2 is 2.00 bits per heavy atom. The van der Waals surface area contributed by atoms with Gasteiger partial charge in [-0.25, -0.2) is 0 Å². The highest BCUT2D eigenvalue weighted by molar-refractivity contribution is 9.10. The lowest BCUT2D eigenvalue weighted by Crippen LogP contribution is -2.46. The molecule has 0 aliphatic carbocycles. The molecule has 1 aliphatic heterocycles. The van der Waals surface area contributed by atoms with Crippen molar-refractivity contribution in [2.45, 2.75) is 20.4 Å². The summed E-state index contributed by atoms with van der Waals surface area (Å²) in [6.45, 7) is 7.79. The van der Waals surface area contributed by atoms with Crippen LogP contribution in [0.25, 0.3) is 0 Å². The van der Waals surface area contributed by atoms with E-state index >= 15 is 0 Å². The highest BCUT2D eigenvalue weighted by Crippen LogP contribution is 2.19. The molecule has 3 rings (SSSR count).